The van der Waals surface area contributed by atoms with Gasteiger partial charge in [-0.15, -0.1) is 0 Å². The third-order valence-electron chi connectivity index (χ3n) is 4.63. The van der Waals surface area contributed by atoms with Crippen molar-refractivity contribution in [2.24, 2.45) is 0 Å². The van der Waals surface area contributed by atoms with E-state index in [0.29, 0.717) is 13.0 Å². The summed E-state index contributed by atoms with van der Waals surface area (Å²) in [5.74, 6) is 0.206. The Labute approximate surface area is 161 Å². The third kappa shape index (κ3) is 4.84. The molecular weight excluding hydrogens is 404 g/mol. The van der Waals surface area contributed by atoms with Gasteiger partial charge in [-0.1, -0.05) is 23.7 Å². The average molecular weight is 426 g/mol. The van der Waals surface area contributed by atoms with Crippen LogP contribution in [0.25, 0.3) is 0 Å². The number of carbonyl (C=O) groups is 1. The fourth-order valence-electron chi connectivity index (χ4n) is 3.01. The van der Waals surface area contributed by atoms with E-state index in [4.69, 9.17) is 11.6 Å². The molecule has 0 unspecified atom stereocenters. The van der Waals surface area contributed by atoms with E-state index in [-0.39, 0.29) is 5.91 Å². The van der Waals surface area contributed by atoms with Crippen LogP contribution in [-0.2, 0) is 17.9 Å². The second-order valence-electron chi connectivity index (χ2n) is 6.33. The van der Waals surface area contributed by atoms with E-state index in [2.05, 4.69) is 38.1 Å². The van der Waals surface area contributed by atoms with Gasteiger partial charge < -0.3 is 4.90 Å². The number of benzene rings is 1. The summed E-state index contributed by atoms with van der Waals surface area (Å²) >= 11 is 9.37. The number of aryl methyl sites for hydroxylation is 1. The Hall–Kier alpha value is -1.37. The van der Waals surface area contributed by atoms with Gasteiger partial charge in [0.15, 0.2) is 0 Å². The highest BCUT2D eigenvalue weighted by Crippen LogP contribution is 2.16. The third-order valence-corrected chi connectivity index (χ3v) is 5.66. The predicted octanol–water partition coefficient (Wildman–Crippen LogP) is 3.34. The molecule has 0 aliphatic carbocycles. The summed E-state index contributed by atoms with van der Waals surface area (Å²) < 4.78 is 2.86. The summed E-state index contributed by atoms with van der Waals surface area (Å²) in [6.07, 6.45) is 2.27. The van der Waals surface area contributed by atoms with Gasteiger partial charge >= 0.3 is 0 Å². The van der Waals surface area contributed by atoms with Gasteiger partial charge in [-0.25, -0.2) is 0 Å². The molecule has 134 valence electrons. The van der Waals surface area contributed by atoms with Gasteiger partial charge in [-0.2, -0.15) is 5.10 Å². The molecule has 1 aliphatic rings. The molecule has 0 spiro atoms. The number of piperazine rings is 1. The minimum Gasteiger partial charge on any atom is -0.340 e. The highest BCUT2D eigenvalue weighted by atomic mass is 79.9. The van der Waals surface area contributed by atoms with E-state index >= 15 is 0 Å². The van der Waals surface area contributed by atoms with Crippen LogP contribution in [0, 0.1) is 6.92 Å². The number of amides is 1. The van der Waals surface area contributed by atoms with Crippen molar-refractivity contribution < 1.29 is 4.79 Å². The van der Waals surface area contributed by atoms with E-state index in [0.717, 1.165) is 47.9 Å². The van der Waals surface area contributed by atoms with Gasteiger partial charge in [-0.3, -0.25) is 14.4 Å². The van der Waals surface area contributed by atoms with Crippen molar-refractivity contribution in [2.75, 3.05) is 26.2 Å². The van der Waals surface area contributed by atoms with Crippen LogP contribution in [-0.4, -0.2) is 51.7 Å². The Kier molecular flexibility index (Phi) is 6.15. The Morgan fingerprint density at radius 1 is 1.20 bits per heavy atom. The number of aromatic nitrogens is 2. The first-order valence-electron chi connectivity index (χ1n) is 8.45. The zero-order valence-electron chi connectivity index (χ0n) is 14.3. The molecule has 5 nitrogen and oxygen atoms in total. The zero-order chi connectivity index (χ0) is 17.8. The summed E-state index contributed by atoms with van der Waals surface area (Å²) in [5, 5.41) is 5.04. The Bertz CT molecular complexity index is 723. The van der Waals surface area contributed by atoms with Crippen molar-refractivity contribution >= 4 is 33.4 Å². The van der Waals surface area contributed by atoms with E-state index in [1.807, 2.05) is 28.6 Å². The van der Waals surface area contributed by atoms with E-state index in [1.54, 1.807) is 6.20 Å². The molecule has 7 heteroatoms. The maximum atomic E-state index is 12.4. The van der Waals surface area contributed by atoms with Crippen molar-refractivity contribution in [3.63, 3.8) is 0 Å². The second-order valence-corrected chi connectivity index (χ2v) is 7.63. The van der Waals surface area contributed by atoms with Crippen LogP contribution in [0.5, 0.6) is 0 Å². The molecule has 2 heterocycles. The number of hydrogen-bond donors (Lipinski definition) is 0. The molecule has 1 saturated heterocycles. The van der Waals surface area contributed by atoms with Gasteiger partial charge in [0, 0.05) is 56.4 Å². The molecule has 0 N–H and O–H groups in total. The van der Waals surface area contributed by atoms with Gasteiger partial charge in [-0.05, 0) is 40.5 Å². The smallest absolute Gasteiger partial charge is 0.224 e. The molecule has 0 radical (unpaired) electrons. The Morgan fingerprint density at radius 2 is 1.88 bits per heavy atom. The molecule has 0 atom stereocenters. The molecule has 0 bridgehead atoms. The maximum Gasteiger partial charge on any atom is 0.224 e. The van der Waals surface area contributed by atoms with E-state index in [1.165, 1.54) is 5.56 Å². The topological polar surface area (TPSA) is 41.4 Å². The molecule has 25 heavy (non-hydrogen) atoms. The summed E-state index contributed by atoms with van der Waals surface area (Å²) in [5.41, 5.74) is 2.31. The lowest BCUT2D eigenvalue weighted by Gasteiger charge is -2.34. The number of nitrogens with zero attached hydrogens (tertiary/aromatic N) is 4. The van der Waals surface area contributed by atoms with E-state index in [9.17, 15) is 4.79 Å². The lowest BCUT2D eigenvalue weighted by Crippen LogP contribution is -2.48. The first-order chi connectivity index (χ1) is 12.0. The van der Waals surface area contributed by atoms with Crippen molar-refractivity contribution in [3.8, 4) is 0 Å². The maximum absolute atomic E-state index is 12.4. The van der Waals surface area contributed by atoms with Crippen LogP contribution in [0.3, 0.4) is 0 Å². The fourth-order valence-corrected chi connectivity index (χ4v) is 3.43. The number of rotatable bonds is 5. The van der Waals surface area contributed by atoms with E-state index < -0.39 is 0 Å². The average Bonchev–Trinajstić information content (AvgIpc) is 2.94. The summed E-state index contributed by atoms with van der Waals surface area (Å²) in [6, 6.07) is 7.97. The molecule has 3 rings (SSSR count). The minimum absolute atomic E-state index is 0.206. The summed E-state index contributed by atoms with van der Waals surface area (Å²) in [6.45, 7) is 6.90. The van der Waals surface area contributed by atoms with Crippen LogP contribution >= 0.6 is 27.5 Å². The fraction of sp³-hybridized carbons (Fsp3) is 0.444. The predicted molar refractivity (Wildman–Crippen MR) is 103 cm³/mol. The van der Waals surface area contributed by atoms with Crippen molar-refractivity contribution in [1.82, 2.24) is 19.6 Å². The largest absolute Gasteiger partial charge is 0.340 e. The van der Waals surface area contributed by atoms with Crippen LogP contribution in [0.2, 0.25) is 5.02 Å². The standard InChI is InChI=1S/C18H22BrClN4O/c1-14-17(19)12-21-24(14)7-6-18(25)23-10-8-22(9-11-23)13-15-2-4-16(20)5-3-15/h2-5,12H,6-11,13H2,1H3. The molecular formula is C18H22BrClN4O. The number of carbonyl (C=O) groups excluding carboxylic acids is 1. The Morgan fingerprint density at radius 3 is 2.48 bits per heavy atom. The normalized spacial score (nSPS) is 15.6. The molecule has 1 aliphatic heterocycles. The van der Waals surface area contributed by atoms with Crippen molar-refractivity contribution in [3.05, 3.63) is 51.2 Å². The first-order valence-corrected chi connectivity index (χ1v) is 9.62. The molecule has 0 saturated carbocycles. The summed E-state index contributed by atoms with van der Waals surface area (Å²) in [7, 11) is 0. The van der Waals surface area contributed by atoms with Crippen LogP contribution < -0.4 is 0 Å². The highest BCUT2D eigenvalue weighted by molar-refractivity contribution is 9.10. The lowest BCUT2D eigenvalue weighted by molar-refractivity contribution is -0.133. The van der Waals surface area contributed by atoms with Crippen molar-refractivity contribution in [1.29, 1.82) is 0 Å². The quantitative estimate of drug-likeness (QED) is 0.738. The monoisotopic (exact) mass is 424 g/mol. The number of halogens is 2. The van der Waals surface area contributed by atoms with Crippen molar-refractivity contribution in [2.45, 2.75) is 26.4 Å². The summed E-state index contributed by atoms with van der Waals surface area (Å²) in [4.78, 5) is 16.8. The zero-order valence-corrected chi connectivity index (χ0v) is 16.6. The second kappa shape index (κ2) is 8.34. The number of hydrogen-bond acceptors (Lipinski definition) is 3. The molecule has 1 aromatic carbocycles. The van der Waals surface area contributed by atoms with Crippen LogP contribution in [0.1, 0.15) is 17.7 Å². The van der Waals surface area contributed by atoms with Gasteiger partial charge in [0.1, 0.15) is 0 Å². The van der Waals surface area contributed by atoms with Crippen LogP contribution in [0.4, 0.5) is 0 Å². The Balaban J connectivity index is 1.44. The molecule has 1 aromatic heterocycles. The lowest BCUT2D eigenvalue weighted by atomic mass is 10.2. The molecule has 2 aromatic rings. The van der Waals surface area contributed by atoms with Crippen LogP contribution in [0.15, 0.2) is 34.9 Å². The minimum atomic E-state index is 0.206. The molecule has 1 amide bonds. The SMILES string of the molecule is Cc1c(Br)cnn1CCC(=O)N1CCN(Cc2ccc(Cl)cc2)CC1. The molecule has 1 fully saturated rings. The van der Waals surface area contributed by atoms with Gasteiger partial charge in [0.25, 0.3) is 0 Å². The highest BCUT2D eigenvalue weighted by Gasteiger charge is 2.21. The first kappa shape index (κ1) is 18.4. The van der Waals surface area contributed by atoms with Gasteiger partial charge in [0.05, 0.1) is 10.7 Å². The van der Waals surface area contributed by atoms with Gasteiger partial charge in [0.2, 0.25) is 5.91 Å².